The van der Waals surface area contributed by atoms with Crippen molar-refractivity contribution >= 4 is 45.6 Å². The Hall–Kier alpha value is -2.25. The van der Waals surface area contributed by atoms with Crippen molar-refractivity contribution < 1.29 is 9.53 Å². The molecule has 2 aliphatic rings. The van der Waals surface area contributed by atoms with Crippen LogP contribution in [0, 0.1) is 6.92 Å². The highest BCUT2D eigenvalue weighted by Crippen LogP contribution is 2.43. The molecule has 0 aromatic heterocycles. The quantitative estimate of drug-likeness (QED) is 0.572. The highest BCUT2D eigenvalue weighted by atomic mass is 32.2. The van der Waals surface area contributed by atoms with Crippen LogP contribution in [0.15, 0.2) is 30.3 Å². The minimum Gasteiger partial charge on any atom is -0.496 e. The molecule has 1 N–H and O–H groups in total. The van der Waals surface area contributed by atoms with Gasteiger partial charge in [-0.15, -0.1) is 0 Å². The normalized spacial score (nSPS) is 18.2. The van der Waals surface area contributed by atoms with Crippen molar-refractivity contribution in [3.63, 3.8) is 0 Å². The molecule has 0 saturated carbocycles. The van der Waals surface area contributed by atoms with E-state index in [-0.39, 0.29) is 11.2 Å². The van der Waals surface area contributed by atoms with Crippen LogP contribution < -0.4 is 19.9 Å². The average Bonchev–Trinajstić information content (AvgIpc) is 3.08. The third kappa shape index (κ3) is 4.71. The van der Waals surface area contributed by atoms with Crippen LogP contribution in [-0.4, -0.2) is 47.8 Å². The summed E-state index contributed by atoms with van der Waals surface area (Å²) in [5.41, 5.74) is 7.12. The lowest BCUT2D eigenvalue weighted by Gasteiger charge is -2.43. The molecule has 5 nitrogen and oxygen atoms in total. The topological polar surface area (TPSA) is 44.8 Å². The Bertz CT molecular complexity index is 1080. The summed E-state index contributed by atoms with van der Waals surface area (Å²) in [6, 6.07) is 11.8. The van der Waals surface area contributed by atoms with E-state index in [0.29, 0.717) is 22.8 Å². The maximum Gasteiger partial charge on any atom is 0.239 e. The molecule has 0 radical (unpaired) electrons. The largest absolute Gasteiger partial charge is 0.496 e. The first-order chi connectivity index (χ1) is 15.7. The second kappa shape index (κ2) is 9.55. The van der Waals surface area contributed by atoms with Crippen LogP contribution in [0.3, 0.4) is 0 Å². The molecule has 0 aliphatic carbocycles. The van der Waals surface area contributed by atoms with Crippen LogP contribution in [0.25, 0.3) is 11.1 Å². The molecule has 2 aromatic rings. The number of thioether (sulfide) groups is 1. The molecular formula is C26H33N3O2S2. The summed E-state index contributed by atoms with van der Waals surface area (Å²) in [5.74, 6) is 0.835. The number of nitrogens with one attached hydrogen (secondary N) is 1. The van der Waals surface area contributed by atoms with E-state index in [9.17, 15) is 4.79 Å². The third-order valence-electron chi connectivity index (χ3n) is 6.51. The maximum atomic E-state index is 12.2. The Balaban J connectivity index is 1.79. The Morgan fingerprint density at radius 1 is 1.06 bits per heavy atom. The van der Waals surface area contributed by atoms with E-state index < -0.39 is 0 Å². The summed E-state index contributed by atoms with van der Waals surface area (Å²) < 4.78 is 6.33. The SMILES string of the molecule is COc1ccc(CC2SC(=S)NC2=O)cc1-c1cc2c(cc1C)N(C(C)C)CCN2C(C)C. The fourth-order valence-electron chi connectivity index (χ4n) is 4.79. The summed E-state index contributed by atoms with van der Waals surface area (Å²) in [6.07, 6.45) is 0.636. The van der Waals surface area contributed by atoms with Crippen molar-refractivity contribution in [3.8, 4) is 16.9 Å². The Labute approximate surface area is 206 Å². The summed E-state index contributed by atoms with van der Waals surface area (Å²) in [5, 5.41) is 2.57. The van der Waals surface area contributed by atoms with Crippen molar-refractivity contribution in [2.75, 3.05) is 30.0 Å². The predicted molar refractivity (Wildman–Crippen MR) is 144 cm³/mol. The molecule has 1 fully saturated rings. The van der Waals surface area contributed by atoms with Gasteiger partial charge in [-0.3, -0.25) is 4.79 Å². The van der Waals surface area contributed by atoms with E-state index in [1.54, 1.807) is 7.11 Å². The summed E-state index contributed by atoms with van der Waals surface area (Å²) in [7, 11) is 1.71. The van der Waals surface area contributed by atoms with Gasteiger partial charge in [0.15, 0.2) is 0 Å². The highest BCUT2D eigenvalue weighted by Gasteiger charge is 2.30. The van der Waals surface area contributed by atoms with Gasteiger partial charge in [-0.1, -0.05) is 30.0 Å². The second-order valence-corrected chi connectivity index (χ2v) is 11.2. The van der Waals surface area contributed by atoms with Crippen LogP contribution in [0.4, 0.5) is 11.4 Å². The number of benzene rings is 2. The van der Waals surface area contributed by atoms with Crippen molar-refractivity contribution in [2.45, 2.75) is 58.4 Å². The molecular weight excluding hydrogens is 450 g/mol. The lowest BCUT2D eigenvalue weighted by atomic mass is 9.93. The minimum atomic E-state index is -0.181. The number of methoxy groups -OCH3 is 1. The molecule has 176 valence electrons. The molecule has 2 aliphatic heterocycles. The van der Waals surface area contributed by atoms with Crippen molar-refractivity contribution in [1.82, 2.24) is 5.32 Å². The maximum absolute atomic E-state index is 12.2. The first-order valence-corrected chi connectivity index (χ1v) is 12.8. The van der Waals surface area contributed by atoms with E-state index in [0.717, 1.165) is 30.0 Å². The first kappa shape index (κ1) is 23.9. The molecule has 2 heterocycles. The van der Waals surface area contributed by atoms with E-state index in [1.165, 1.54) is 34.3 Å². The van der Waals surface area contributed by atoms with Gasteiger partial charge in [-0.2, -0.15) is 0 Å². The zero-order chi connectivity index (χ0) is 23.9. The molecule has 1 amide bonds. The van der Waals surface area contributed by atoms with E-state index >= 15 is 0 Å². The molecule has 2 aromatic carbocycles. The second-order valence-electron chi connectivity index (χ2n) is 9.35. The van der Waals surface area contributed by atoms with Crippen LogP contribution in [0.2, 0.25) is 0 Å². The average molecular weight is 484 g/mol. The number of nitrogens with zero attached hydrogens (tertiary/aromatic N) is 2. The molecule has 0 bridgehead atoms. The number of ether oxygens (including phenoxy) is 1. The van der Waals surface area contributed by atoms with Crippen molar-refractivity contribution in [2.24, 2.45) is 0 Å². The monoisotopic (exact) mass is 483 g/mol. The summed E-state index contributed by atoms with van der Waals surface area (Å²) in [4.78, 5) is 17.2. The number of anilines is 2. The Kier molecular flexibility index (Phi) is 6.91. The van der Waals surface area contributed by atoms with Crippen molar-refractivity contribution in [3.05, 3.63) is 41.5 Å². The van der Waals surface area contributed by atoms with Gasteiger partial charge in [-0.25, -0.2) is 0 Å². The Morgan fingerprint density at radius 2 is 1.70 bits per heavy atom. The number of aryl methyl sites for hydroxylation is 1. The van der Waals surface area contributed by atoms with Crippen LogP contribution in [0.5, 0.6) is 5.75 Å². The van der Waals surface area contributed by atoms with E-state index in [1.807, 2.05) is 12.1 Å². The number of thiocarbonyl (C=S) groups is 1. The highest BCUT2D eigenvalue weighted by molar-refractivity contribution is 8.24. The van der Waals surface area contributed by atoms with Crippen LogP contribution in [-0.2, 0) is 11.2 Å². The summed E-state index contributed by atoms with van der Waals surface area (Å²) in [6.45, 7) is 13.2. The number of carbonyl (C=O) groups is 1. The van der Waals surface area contributed by atoms with Gasteiger partial charge in [0.2, 0.25) is 5.91 Å². The van der Waals surface area contributed by atoms with Gasteiger partial charge >= 0.3 is 0 Å². The number of carbonyl (C=O) groups excluding carboxylic acids is 1. The Morgan fingerprint density at radius 3 is 2.24 bits per heavy atom. The standard InChI is InChI=1S/C26H33N3O2S2/c1-15(2)28-9-10-29(16(3)4)22-14-19(17(5)11-21(22)28)20-12-18(7-8-23(20)31-6)13-24-25(30)27-26(32)33-24/h7-8,11-12,14-16,24H,9-10,13H2,1-6H3,(H,27,30,32). The van der Waals surface area contributed by atoms with E-state index in [4.69, 9.17) is 17.0 Å². The first-order valence-electron chi connectivity index (χ1n) is 11.6. The number of amides is 1. The lowest BCUT2D eigenvalue weighted by Crippen LogP contribution is -2.46. The zero-order valence-electron chi connectivity index (χ0n) is 20.3. The van der Waals surface area contributed by atoms with Gasteiger partial charge in [0.25, 0.3) is 0 Å². The van der Waals surface area contributed by atoms with Crippen LogP contribution in [0.1, 0.15) is 38.8 Å². The number of hydrogen-bond donors (Lipinski definition) is 1. The fourth-order valence-corrected chi connectivity index (χ4v) is 6.10. The van der Waals surface area contributed by atoms with Gasteiger partial charge < -0.3 is 19.9 Å². The molecule has 1 atom stereocenters. The smallest absolute Gasteiger partial charge is 0.239 e. The van der Waals surface area contributed by atoms with Gasteiger partial charge in [0, 0.05) is 30.7 Å². The minimum absolute atomic E-state index is 0.00585. The molecule has 33 heavy (non-hydrogen) atoms. The number of hydrogen-bond acceptors (Lipinski definition) is 6. The van der Waals surface area contributed by atoms with Gasteiger partial charge in [0.05, 0.1) is 23.7 Å². The van der Waals surface area contributed by atoms with Crippen LogP contribution >= 0.6 is 24.0 Å². The molecule has 1 unspecified atom stereocenters. The predicted octanol–water partition coefficient (Wildman–Crippen LogP) is 5.17. The van der Waals surface area contributed by atoms with Crippen molar-refractivity contribution in [1.29, 1.82) is 0 Å². The third-order valence-corrected chi connectivity index (χ3v) is 7.88. The molecule has 4 rings (SSSR count). The van der Waals surface area contributed by atoms with Gasteiger partial charge in [-0.05, 0) is 82.0 Å². The van der Waals surface area contributed by atoms with E-state index in [2.05, 4.69) is 67.9 Å². The molecule has 7 heteroatoms. The van der Waals surface area contributed by atoms with Gasteiger partial charge in [0.1, 0.15) is 10.1 Å². The molecule has 0 spiro atoms. The fraction of sp³-hybridized carbons (Fsp3) is 0.462. The lowest BCUT2D eigenvalue weighted by molar-refractivity contribution is -0.118. The number of rotatable bonds is 6. The summed E-state index contributed by atoms with van der Waals surface area (Å²) >= 11 is 6.60. The number of fused-ring (bicyclic) bond motifs is 1. The zero-order valence-corrected chi connectivity index (χ0v) is 21.9. The molecule has 1 saturated heterocycles.